The van der Waals surface area contributed by atoms with Crippen molar-refractivity contribution in [2.24, 2.45) is 0 Å². The first-order valence-corrected chi connectivity index (χ1v) is 9.02. The first-order valence-electron chi connectivity index (χ1n) is 7.17. The van der Waals surface area contributed by atoms with Crippen LogP contribution in [0.1, 0.15) is 5.56 Å². The van der Waals surface area contributed by atoms with E-state index in [1.807, 2.05) is 0 Å². The second-order valence-corrected chi connectivity index (χ2v) is 7.12. The first kappa shape index (κ1) is 17.9. The number of methoxy groups -OCH3 is 1. The Bertz CT molecular complexity index is 794. The van der Waals surface area contributed by atoms with E-state index in [0.29, 0.717) is 17.0 Å². The van der Waals surface area contributed by atoms with Gasteiger partial charge in [0.2, 0.25) is 15.9 Å². The van der Waals surface area contributed by atoms with Gasteiger partial charge in [-0.3, -0.25) is 9.78 Å². The van der Waals surface area contributed by atoms with E-state index in [-0.39, 0.29) is 13.1 Å². The predicted molar refractivity (Wildman–Crippen MR) is 91.1 cm³/mol. The molecule has 0 saturated carbocycles. The number of amides is 1. The van der Waals surface area contributed by atoms with Crippen molar-refractivity contribution in [2.75, 3.05) is 25.2 Å². The van der Waals surface area contributed by atoms with E-state index in [4.69, 9.17) is 4.74 Å². The topological polar surface area (TPSA) is 88.6 Å². The van der Waals surface area contributed by atoms with Crippen molar-refractivity contribution < 1.29 is 17.9 Å². The van der Waals surface area contributed by atoms with Crippen molar-refractivity contribution in [2.45, 2.75) is 6.54 Å². The number of rotatable bonds is 7. The number of carbonyl (C=O) groups is 1. The molecule has 0 spiro atoms. The largest absolute Gasteiger partial charge is 0.495 e. The summed E-state index contributed by atoms with van der Waals surface area (Å²) >= 11 is 0. The van der Waals surface area contributed by atoms with Gasteiger partial charge >= 0.3 is 0 Å². The molecular formula is C16H19N3O4S. The fourth-order valence-corrected chi connectivity index (χ4v) is 2.82. The monoisotopic (exact) mass is 349 g/mol. The Hall–Kier alpha value is -2.45. The lowest BCUT2D eigenvalue weighted by Gasteiger charge is -2.19. The number of nitrogens with one attached hydrogen (secondary N) is 1. The van der Waals surface area contributed by atoms with Crippen LogP contribution in [0.25, 0.3) is 0 Å². The summed E-state index contributed by atoms with van der Waals surface area (Å²) in [4.78, 5) is 16.2. The molecule has 0 fully saturated rings. The van der Waals surface area contributed by atoms with Gasteiger partial charge in [-0.05, 0) is 23.8 Å². The smallest absolute Gasteiger partial charge is 0.239 e. The lowest BCUT2D eigenvalue weighted by Crippen LogP contribution is -2.37. The standard InChI is InChI=1S/C16H19N3O4S/c1-23-15-8-4-3-7-14(15)18-16(20)12-19(24(2,21)22)11-13-6-5-9-17-10-13/h3-10H,11-12H2,1-2H3,(H,18,20). The van der Waals surface area contributed by atoms with Crippen LogP contribution in [0.3, 0.4) is 0 Å². The zero-order chi connectivity index (χ0) is 17.6. The Morgan fingerprint density at radius 1 is 1.25 bits per heavy atom. The number of ether oxygens (including phenoxy) is 1. The second kappa shape index (κ2) is 7.89. The van der Waals surface area contributed by atoms with E-state index < -0.39 is 15.9 Å². The van der Waals surface area contributed by atoms with Crippen LogP contribution in [0, 0.1) is 0 Å². The third-order valence-electron chi connectivity index (χ3n) is 3.25. The van der Waals surface area contributed by atoms with Crippen LogP contribution < -0.4 is 10.1 Å². The normalized spacial score (nSPS) is 11.3. The number of hydrogen-bond donors (Lipinski definition) is 1. The van der Waals surface area contributed by atoms with E-state index in [1.54, 1.807) is 48.8 Å². The SMILES string of the molecule is COc1ccccc1NC(=O)CN(Cc1cccnc1)S(C)(=O)=O. The summed E-state index contributed by atoms with van der Waals surface area (Å²) in [6.07, 6.45) is 4.23. The van der Waals surface area contributed by atoms with Gasteiger partial charge in [0.25, 0.3) is 0 Å². The predicted octanol–water partition coefficient (Wildman–Crippen LogP) is 1.49. The number of benzene rings is 1. The highest BCUT2D eigenvalue weighted by atomic mass is 32.2. The average Bonchev–Trinajstić information content (AvgIpc) is 2.55. The van der Waals surface area contributed by atoms with Crippen LogP contribution in [0.2, 0.25) is 0 Å². The van der Waals surface area contributed by atoms with Gasteiger partial charge in [-0.1, -0.05) is 18.2 Å². The molecule has 0 atom stereocenters. The van der Waals surface area contributed by atoms with Gasteiger partial charge in [0.15, 0.2) is 0 Å². The molecule has 0 saturated heterocycles. The summed E-state index contributed by atoms with van der Waals surface area (Å²) in [7, 11) is -2.06. The number of sulfonamides is 1. The van der Waals surface area contributed by atoms with Gasteiger partial charge in [-0.2, -0.15) is 4.31 Å². The maximum Gasteiger partial charge on any atom is 0.239 e. The minimum atomic E-state index is -3.55. The summed E-state index contributed by atoms with van der Waals surface area (Å²) in [6, 6.07) is 10.4. The fourth-order valence-electron chi connectivity index (χ4n) is 2.08. The van der Waals surface area contributed by atoms with Gasteiger partial charge < -0.3 is 10.1 Å². The Morgan fingerprint density at radius 3 is 2.62 bits per heavy atom. The molecular weight excluding hydrogens is 330 g/mol. The molecule has 0 aliphatic carbocycles. The molecule has 0 aliphatic rings. The fraction of sp³-hybridized carbons (Fsp3) is 0.250. The molecule has 0 unspecified atom stereocenters. The van der Waals surface area contributed by atoms with Gasteiger partial charge in [-0.25, -0.2) is 8.42 Å². The summed E-state index contributed by atoms with van der Waals surface area (Å²) in [6.45, 7) is -0.224. The Labute approximate surface area is 141 Å². The van der Waals surface area contributed by atoms with Crippen molar-refractivity contribution in [3.63, 3.8) is 0 Å². The molecule has 24 heavy (non-hydrogen) atoms. The molecule has 8 heteroatoms. The van der Waals surface area contributed by atoms with Crippen molar-refractivity contribution in [3.05, 3.63) is 54.4 Å². The van der Waals surface area contributed by atoms with Gasteiger partial charge in [0.05, 0.1) is 25.6 Å². The van der Waals surface area contributed by atoms with Crippen LogP contribution in [0.4, 0.5) is 5.69 Å². The van der Waals surface area contributed by atoms with Crippen molar-refractivity contribution >= 4 is 21.6 Å². The van der Waals surface area contributed by atoms with Crippen molar-refractivity contribution in [3.8, 4) is 5.75 Å². The molecule has 0 radical (unpaired) electrons. The molecule has 1 amide bonds. The molecule has 0 bridgehead atoms. The first-order chi connectivity index (χ1) is 11.4. The van der Waals surface area contributed by atoms with Crippen LogP contribution in [-0.2, 0) is 21.4 Å². The van der Waals surface area contributed by atoms with Crippen molar-refractivity contribution in [1.29, 1.82) is 0 Å². The van der Waals surface area contributed by atoms with Crippen LogP contribution >= 0.6 is 0 Å². The number of anilines is 1. The van der Waals surface area contributed by atoms with Gasteiger partial charge in [0, 0.05) is 18.9 Å². The Morgan fingerprint density at radius 2 is 2.00 bits per heavy atom. The summed E-state index contributed by atoms with van der Waals surface area (Å²) < 4.78 is 30.1. The molecule has 1 heterocycles. The number of aromatic nitrogens is 1. The van der Waals surface area contributed by atoms with Crippen LogP contribution in [-0.4, -0.2) is 43.5 Å². The Kier molecular flexibility index (Phi) is 5.88. The number of pyridine rings is 1. The van der Waals surface area contributed by atoms with E-state index in [1.165, 1.54) is 7.11 Å². The van der Waals surface area contributed by atoms with Crippen LogP contribution in [0.5, 0.6) is 5.75 Å². The molecule has 7 nitrogen and oxygen atoms in total. The molecule has 1 aromatic carbocycles. The second-order valence-electron chi connectivity index (χ2n) is 5.14. The van der Waals surface area contributed by atoms with E-state index in [9.17, 15) is 13.2 Å². The molecule has 2 rings (SSSR count). The number of nitrogens with zero attached hydrogens (tertiary/aromatic N) is 2. The highest BCUT2D eigenvalue weighted by molar-refractivity contribution is 7.88. The maximum atomic E-state index is 12.2. The summed E-state index contributed by atoms with van der Waals surface area (Å²) in [5.41, 5.74) is 1.19. The third-order valence-corrected chi connectivity index (χ3v) is 4.45. The lowest BCUT2D eigenvalue weighted by atomic mass is 10.3. The Balaban J connectivity index is 2.10. The van der Waals surface area contributed by atoms with Crippen LogP contribution in [0.15, 0.2) is 48.8 Å². The zero-order valence-electron chi connectivity index (χ0n) is 13.5. The minimum absolute atomic E-state index is 0.0754. The summed E-state index contributed by atoms with van der Waals surface area (Å²) in [5.74, 6) is 0.0535. The molecule has 1 aromatic heterocycles. The summed E-state index contributed by atoms with van der Waals surface area (Å²) in [5, 5.41) is 2.66. The quantitative estimate of drug-likeness (QED) is 0.818. The number of hydrogen-bond acceptors (Lipinski definition) is 5. The highest BCUT2D eigenvalue weighted by Crippen LogP contribution is 2.23. The zero-order valence-corrected chi connectivity index (χ0v) is 14.3. The lowest BCUT2D eigenvalue weighted by molar-refractivity contribution is -0.116. The average molecular weight is 349 g/mol. The molecule has 2 aromatic rings. The molecule has 0 aliphatic heterocycles. The third kappa shape index (κ3) is 5.04. The number of carbonyl (C=O) groups excluding carboxylic acids is 1. The maximum absolute atomic E-state index is 12.2. The van der Waals surface area contributed by atoms with Crippen molar-refractivity contribution in [1.82, 2.24) is 9.29 Å². The van der Waals surface area contributed by atoms with E-state index in [0.717, 1.165) is 10.6 Å². The van der Waals surface area contributed by atoms with E-state index in [2.05, 4.69) is 10.3 Å². The van der Waals surface area contributed by atoms with E-state index >= 15 is 0 Å². The molecule has 1 N–H and O–H groups in total. The van der Waals surface area contributed by atoms with Gasteiger partial charge in [0.1, 0.15) is 5.75 Å². The molecule has 128 valence electrons. The highest BCUT2D eigenvalue weighted by Gasteiger charge is 2.21. The minimum Gasteiger partial charge on any atom is -0.495 e. The number of para-hydroxylation sites is 2. The van der Waals surface area contributed by atoms with Gasteiger partial charge in [-0.15, -0.1) is 0 Å².